The van der Waals surface area contributed by atoms with Gasteiger partial charge in [-0.2, -0.15) is 10.1 Å². The molecule has 1 aliphatic rings. The maximum absolute atomic E-state index is 13.5. The lowest BCUT2D eigenvalue weighted by atomic mass is 10.00. The molecule has 0 bridgehead atoms. The van der Waals surface area contributed by atoms with Crippen molar-refractivity contribution >= 4 is 23.4 Å². The van der Waals surface area contributed by atoms with Crippen LogP contribution in [0.1, 0.15) is 23.6 Å². The highest BCUT2D eigenvalue weighted by molar-refractivity contribution is 6.37. The van der Waals surface area contributed by atoms with Crippen LogP contribution >= 0.6 is 0 Å². The zero-order valence-electron chi connectivity index (χ0n) is 20.0. The van der Waals surface area contributed by atoms with Crippen molar-refractivity contribution in [2.75, 3.05) is 11.6 Å². The Balaban J connectivity index is 1.51. The molecule has 0 unspecified atom stereocenters. The van der Waals surface area contributed by atoms with Gasteiger partial charge in [0.15, 0.2) is 11.5 Å². The Kier molecular flexibility index (Phi) is 6.90. The SMILES string of the molecule is CCOc1ccc(/C=C2\C(=O)N(c3ccccc3)N=C2c2ccccc2)cc1OCc1ccccc1. The van der Waals surface area contributed by atoms with Gasteiger partial charge in [-0.25, -0.2) is 0 Å². The van der Waals surface area contributed by atoms with E-state index in [0.29, 0.717) is 36.0 Å². The second-order valence-corrected chi connectivity index (χ2v) is 8.24. The van der Waals surface area contributed by atoms with E-state index < -0.39 is 0 Å². The minimum Gasteiger partial charge on any atom is -0.490 e. The fourth-order valence-electron chi connectivity index (χ4n) is 4.00. The van der Waals surface area contributed by atoms with Gasteiger partial charge < -0.3 is 9.47 Å². The summed E-state index contributed by atoms with van der Waals surface area (Å²) in [5.74, 6) is 1.11. The summed E-state index contributed by atoms with van der Waals surface area (Å²) in [7, 11) is 0. The molecule has 0 saturated carbocycles. The summed E-state index contributed by atoms with van der Waals surface area (Å²) in [6.07, 6.45) is 1.86. The normalized spacial score (nSPS) is 14.1. The highest BCUT2D eigenvalue weighted by Gasteiger charge is 2.32. The molecule has 1 heterocycles. The molecule has 1 aliphatic heterocycles. The van der Waals surface area contributed by atoms with Crippen molar-refractivity contribution in [2.24, 2.45) is 5.10 Å². The Hall–Kier alpha value is -4.64. The van der Waals surface area contributed by atoms with Crippen LogP contribution in [0.4, 0.5) is 5.69 Å². The maximum atomic E-state index is 13.5. The number of amides is 1. The molecule has 178 valence electrons. The lowest BCUT2D eigenvalue weighted by Gasteiger charge is -2.13. The van der Waals surface area contributed by atoms with Crippen molar-refractivity contribution in [3.05, 3.63) is 131 Å². The van der Waals surface area contributed by atoms with Gasteiger partial charge in [-0.15, -0.1) is 0 Å². The molecule has 0 aliphatic carbocycles. The third-order valence-electron chi connectivity index (χ3n) is 5.74. The highest BCUT2D eigenvalue weighted by Crippen LogP contribution is 2.32. The van der Waals surface area contributed by atoms with Crippen molar-refractivity contribution in [2.45, 2.75) is 13.5 Å². The average molecular weight is 475 g/mol. The molecule has 4 aromatic rings. The number of para-hydroxylation sites is 1. The molecule has 0 saturated heterocycles. The standard InChI is InChI=1S/C31H26N2O3/c1-2-35-28-19-18-24(21-29(28)36-22-23-12-6-3-7-13-23)20-27-30(25-14-8-4-9-15-25)32-33(31(27)34)26-16-10-5-11-17-26/h3-21H,2,22H2,1H3/b27-20-. The summed E-state index contributed by atoms with van der Waals surface area (Å²) in [4.78, 5) is 13.5. The molecule has 0 atom stereocenters. The second kappa shape index (κ2) is 10.7. The number of nitrogens with zero attached hydrogens (tertiary/aromatic N) is 2. The fraction of sp³-hybridized carbons (Fsp3) is 0.0968. The lowest BCUT2D eigenvalue weighted by molar-refractivity contribution is -0.114. The first-order valence-electron chi connectivity index (χ1n) is 11.9. The number of carbonyl (C=O) groups excluding carboxylic acids is 1. The van der Waals surface area contributed by atoms with E-state index in [-0.39, 0.29) is 5.91 Å². The number of benzene rings is 4. The largest absolute Gasteiger partial charge is 0.490 e. The van der Waals surface area contributed by atoms with Crippen LogP contribution in [0.25, 0.3) is 6.08 Å². The minimum absolute atomic E-state index is 0.180. The number of hydrogen-bond donors (Lipinski definition) is 0. The van der Waals surface area contributed by atoms with Gasteiger partial charge >= 0.3 is 0 Å². The van der Waals surface area contributed by atoms with Gasteiger partial charge in [0.05, 0.1) is 17.9 Å². The van der Waals surface area contributed by atoms with E-state index in [9.17, 15) is 4.79 Å². The summed E-state index contributed by atoms with van der Waals surface area (Å²) in [5.41, 5.74) is 4.63. The molecule has 36 heavy (non-hydrogen) atoms. The van der Waals surface area contributed by atoms with Crippen LogP contribution in [0.3, 0.4) is 0 Å². The van der Waals surface area contributed by atoms with E-state index in [1.165, 1.54) is 5.01 Å². The smallest absolute Gasteiger partial charge is 0.281 e. The molecule has 0 spiro atoms. The number of rotatable bonds is 8. The zero-order valence-corrected chi connectivity index (χ0v) is 20.0. The van der Waals surface area contributed by atoms with Crippen LogP contribution in [-0.2, 0) is 11.4 Å². The van der Waals surface area contributed by atoms with Crippen LogP contribution in [0.2, 0.25) is 0 Å². The Labute approximate surface area is 210 Å². The van der Waals surface area contributed by atoms with Crippen molar-refractivity contribution in [3.63, 3.8) is 0 Å². The molecule has 0 aromatic heterocycles. The molecule has 5 rings (SSSR count). The van der Waals surface area contributed by atoms with Gasteiger partial charge in [-0.3, -0.25) is 4.79 Å². The molecular weight excluding hydrogens is 448 g/mol. The molecule has 0 fully saturated rings. The number of hydrogen-bond acceptors (Lipinski definition) is 4. The van der Waals surface area contributed by atoms with E-state index in [0.717, 1.165) is 22.4 Å². The van der Waals surface area contributed by atoms with Gasteiger partial charge in [-0.1, -0.05) is 84.9 Å². The first-order chi connectivity index (χ1) is 17.7. The van der Waals surface area contributed by atoms with Gasteiger partial charge in [-0.05, 0) is 48.4 Å². The van der Waals surface area contributed by atoms with E-state index in [2.05, 4.69) is 0 Å². The molecule has 1 amide bonds. The summed E-state index contributed by atoms with van der Waals surface area (Å²) in [6, 6.07) is 34.9. The molecule has 5 nitrogen and oxygen atoms in total. The topological polar surface area (TPSA) is 51.1 Å². The molecule has 0 N–H and O–H groups in total. The predicted molar refractivity (Wildman–Crippen MR) is 143 cm³/mol. The van der Waals surface area contributed by atoms with Gasteiger partial charge in [0, 0.05) is 5.56 Å². The van der Waals surface area contributed by atoms with E-state index in [1.807, 2.05) is 122 Å². The van der Waals surface area contributed by atoms with Crippen LogP contribution in [0.5, 0.6) is 11.5 Å². The van der Waals surface area contributed by atoms with Gasteiger partial charge in [0.1, 0.15) is 12.3 Å². The third kappa shape index (κ3) is 5.05. The Bertz CT molecular complexity index is 1400. The molecule has 0 radical (unpaired) electrons. The molecule has 5 heteroatoms. The zero-order chi connectivity index (χ0) is 24.7. The Morgan fingerprint density at radius 1 is 0.778 bits per heavy atom. The first kappa shape index (κ1) is 23.1. The van der Waals surface area contributed by atoms with Crippen LogP contribution < -0.4 is 14.5 Å². The van der Waals surface area contributed by atoms with Crippen LogP contribution in [-0.4, -0.2) is 18.2 Å². The summed E-state index contributed by atoms with van der Waals surface area (Å²) in [5, 5.41) is 6.16. The fourth-order valence-corrected chi connectivity index (χ4v) is 4.00. The summed E-state index contributed by atoms with van der Waals surface area (Å²) >= 11 is 0. The van der Waals surface area contributed by atoms with Crippen LogP contribution in [0, 0.1) is 0 Å². The summed E-state index contributed by atoms with van der Waals surface area (Å²) in [6.45, 7) is 2.88. The molecular formula is C31H26N2O3. The van der Waals surface area contributed by atoms with E-state index in [4.69, 9.17) is 14.6 Å². The molecule has 4 aromatic carbocycles. The van der Waals surface area contributed by atoms with E-state index >= 15 is 0 Å². The van der Waals surface area contributed by atoms with Gasteiger partial charge in [0.25, 0.3) is 5.91 Å². The number of anilines is 1. The first-order valence-corrected chi connectivity index (χ1v) is 11.9. The van der Waals surface area contributed by atoms with Crippen molar-refractivity contribution in [1.82, 2.24) is 0 Å². The third-order valence-corrected chi connectivity index (χ3v) is 5.74. The average Bonchev–Trinajstić information content (AvgIpc) is 3.26. The van der Waals surface area contributed by atoms with Crippen molar-refractivity contribution < 1.29 is 14.3 Å². The Morgan fingerprint density at radius 2 is 1.44 bits per heavy atom. The van der Waals surface area contributed by atoms with E-state index in [1.54, 1.807) is 0 Å². The Morgan fingerprint density at radius 3 is 2.14 bits per heavy atom. The van der Waals surface area contributed by atoms with Crippen molar-refractivity contribution in [3.8, 4) is 11.5 Å². The predicted octanol–water partition coefficient (Wildman–Crippen LogP) is 6.50. The number of hydrazone groups is 1. The quantitative estimate of drug-likeness (QED) is 0.274. The monoisotopic (exact) mass is 474 g/mol. The van der Waals surface area contributed by atoms with Crippen LogP contribution in [0.15, 0.2) is 120 Å². The minimum atomic E-state index is -0.180. The second-order valence-electron chi connectivity index (χ2n) is 8.24. The number of carbonyl (C=O) groups is 1. The number of ether oxygens (including phenoxy) is 2. The maximum Gasteiger partial charge on any atom is 0.281 e. The van der Waals surface area contributed by atoms with Crippen molar-refractivity contribution in [1.29, 1.82) is 0 Å². The lowest BCUT2D eigenvalue weighted by Crippen LogP contribution is -2.21. The van der Waals surface area contributed by atoms with Gasteiger partial charge in [0.2, 0.25) is 0 Å². The highest BCUT2D eigenvalue weighted by atomic mass is 16.5. The summed E-state index contributed by atoms with van der Waals surface area (Å²) < 4.78 is 11.9.